The molecule has 0 bridgehead atoms. The number of amides is 2. The first-order valence-electron chi connectivity index (χ1n) is 6.55. The maximum absolute atomic E-state index is 12.4. The molecule has 2 amide bonds. The van der Waals surface area contributed by atoms with Crippen LogP contribution in [0.4, 0.5) is 0 Å². The Labute approximate surface area is 109 Å². The van der Waals surface area contributed by atoms with Gasteiger partial charge < -0.3 is 10.2 Å². The lowest BCUT2D eigenvalue weighted by molar-refractivity contribution is -0.135. The first-order valence-corrected chi connectivity index (χ1v) is 6.55. The fourth-order valence-corrected chi connectivity index (χ4v) is 2.23. The van der Waals surface area contributed by atoms with Gasteiger partial charge in [0.25, 0.3) is 0 Å². The highest BCUT2D eigenvalue weighted by Crippen LogP contribution is 2.15. The Morgan fingerprint density at radius 1 is 1.50 bits per heavy atom. The zero-order valence-electron chi connectivity index (χ0n) is 11.4. The predicted molar refractivity (Wildman–Crippen MR) is 70.6 cm³/mol. The van der Waals surface area contributed by atoms with Crippen molar-refractivity contribution in [3.63, 3.8) is 0 Å². The number of hydrogen-bond acceptors (Lipinski definition) is 2. The SMILES string of the molecule is C#CC(CC)N1CCC(=O)NC(CC(C)C)C1=O. The molecule has 1 heterocycles. The van der Waals surface area contributed by atoms with Crippen LogP contribution in [0.25, 0.3) is 0 Å². The van der Waals surface area contributed by atoms with Crippen molar-refractivity contribution in [2.24, 2.45) is 5.92 Å². The lowest BCUT2D eigenvalue weighted by Crippen LogP contribution is -2.48. The van der Waals surface area contributed by atoms with E-state index in [1.54, 1.807) is 4.90 Å². The van der Waals surface area contributed by atoms with Crippen molar-refractivity contribution in [1.29, 1.82) is 0 Å². The maximum Gasteiger partial charge on any atom is 0.246 e. The zero-order valence-corrected chi connectivity index (χ0v) is 11.4. The lowest BCUT2D eigenvalue weighted by atomic mass is 10.0. The van der Waals surface area contributed by atoms with E-state index in [9.17, 15) is 9.59 Å². The van der Waals surface area contributed by atoms with Gasteiger partial charge >= 0.3 is 0 Å². The van der Waals surface area contributed by atoms with Crippen LogP contribution in [-0.4, -0.2) is 35.3 Å². The smallest absolute Gasteiger partial charge is 0.246 e. The van der Waals surface area contributed by atoms with E-state index in [1.165, 1.54) is 0 Å². The van der Waals surface area contributed by atoms with Crippen LogP contribution in [0.1, 0.15) is 40.0 Å². The standard InChI is InChI=1S/C14H22N2O2/c1-5-11(6-2)16-8-7-13(17)15-12(14(16)18)9-10(3)4/h1,10-12H,6-9H2,2-4H3,(H,15,17). The van der Waals surface area contributed by atoms with Crippen molar-refractivity contribution in [3.8, 4) is 12.3 Å². The van der Waals surface area contributed by atoms with Crippen LogP contribution in [0.2, 0.25) is 0 Å². The van der Waals surface area contributed by atoms with Crippen molar-refractivity contribution in [3.05, 3.63) is 0 Å². The highest BCUT2D eigenvalue weighted by Gasteiger charge is 2.32. The van der Waals surface area contributed by atoms with Crippen LogP contribution in [-0.2, 0) is 9.59 Å². The molecule has 0 saturated carbocycles. The Bertz CT molecular complexity index is 357. The van der Waals surface area contributed by atoms with E-state index in [0.717, 1.165) is 0 Å². The zero-order chi connectivity index (χ0) is 13.7. The third-order valence-electron chi connectivity index (χ3n) is 3.16. The number of hydrogen-bond donors (Lipinski definition) is 1. The first kappa shape index (κ1) is 14.6. The maximum atomic E-state index is 12.4. The summed E-state index contributed by atoms with van der Waals surface area (Å²) < 4.78 is 0. The molecule has 18 heavy (non-hydrogen) atoms. The van der Waals surface area contributed by atoms with Crippen LogP contribution >= 0.6 is 0 Å². The van der Waals surface area contributed by atoms with Gasteiger partial charge in [-0.3, -0.25) is 9.59 Å². The highest BCUT2D eigenvalue weighted by atomic mass is 16.2. The first-order chi connectivity index (χ1) is 8.49. The van der Waals surface area contributed by atoms with Crippen molar-refractivity contribution in [1.82, 2.24) is 10.2 Å². The van der Waals surface area contributed by atoms with E-state index in [0.29, 0.717) is 31.7 Å². The van der Waals surface area contributed by atoms with E-state index in [2.05, 4.69) is 11.2 Å². The predicted octanol–water partition coefficient (Wildman–Crippen LogP) is 1.16. The molecular weight excluding hydrogens is 228 g/mol. The minimum atomic E-state index is -0.428. The van der Waals surface area contributed by atoms with Crippen LogP contribution in [0.15, 0.2) is 0 Å². The summed E-state index contributed by atoms with van der Waals surface area (Å²) in [7, 11) is 0. The van der Waals surface area contributed by atoms with Crippen molar-refractivity contribution < 1.29 is 9.59 Å². The summed E-state index contributed by atoms with van der Waals surface area (Å²) in [6, 6.07) is -0.637. The topological polar surface area (TPSA) is 49.4 Å². The van der Waals surface area contributed by atoms with Gasteiger partial charge in [0.15, 0.2) is 0 Å². The number of terminal acetylenes is 1. The van der Waals surface area contributed by atoms with Crippen molar-refractivity contribution in [2.45, 2.75) is 52.1 Å². The summed E-state index contributed by atoms with van der Waals surface area (Å²) in [5, 5.41) is 2.79. The molecule has 2 unspecified atom stereocenters. The molecular formula is C14H22N2O2. The molecule has 0 aromatic heterocycles. The minimum Gasteiger partial charge on any atom is -0.344 e. The third kappa shape index (κ3) is 3.49. The second-order valence-electron chi connectivity index (χ2n) is 5.12. The van der Waals surface area contributed by atoms with Gasteiger partial charge in [-0.05, 0) is 18.8 Å². The number of carbonyl (C=O) groups is 2. The molecule has 0 spiro atoms. The Kier molecular flexibility index (Phi) is 5.21. The monoisotopic (exact) mass is 250 g/mol. The van der Waals surface area contributed by atoms with Gasteiger partial charge in [0.2, 0.25) is 11.8 Å². The minimum absolute atomic E-state index is 0.0423. The molecule has 100 valence electrons. The molecule has 2 atom stereocenters. The van der Waals surface area contributed by atoms with Gasteiger partial charge in [0.1, 0.15) is 6.04 Å². The fourth-order valence-electron chi connectivity index (χ4n) is 2.23. The van der Waals surface area contributed by atoms with Crippen molar-refractivity contribution >= 4 is 11.8 Å². The second-order valence-corrected chi connectivity index (χ2v) is 5.12. The van der Waals surface area contributed by atoms with Crippen LogP contribution in [0.3, 0.4) is 0 Å². The van der Waals surface area contributed by atoms with Gasteiger partial charge in [-0.15, -0.1) is 6.42 Å². The van der Waals surface area contributed by atoms with Crippen LogP contribution in [0.5, 0.6) is 0 Å². The molecule has 1 N–H and O–H groups in total. The number of nitrogens with one attached hydrogen (secondary N) is 1. The summed E-state index contributed by atoms with van der Waals surface area (Å²) in [5.41, 5.74) is 0. The number of nitrogens with zero attached hydrogens (tertiary/aromatic N) is 1. The molecule has 4 nitrogen and oxygen atoms in total. The molecule has 4 heteroatoms. The molecule has 0 radical (unpaired) electrons. The molecule has 0 aromatic rings. The molecule has 1 aliphatic rings. The molecule has 1 fully saturated rings. The Balaban J connectivity index is 2.89. The fraction of sp³-hybridized carbons (Fsp3) is 0.714. The van der Waals surface area contributed by atoms with Gasteiger partial charge in [-0.25, -0.2) is 0 Å². The second kappa shape index (κ2) is 6.44. The summed E-state index contributed by atoms with van der Waals surface area (Å²) in [4.78, 5) is 25.7. The largest absolute Gasteiger partial charge is 0.344 e. The molecule has 1 rings (SSSR count). The molecule has 1 aliphatic heterocycles. The van der Waals surface area contributed by atoms with Gasteiger partial charge in [0, 0.05) is 13.0 Å². The Morgan fingerprint density at radius 2 is 2.17 bits per heavy atom. The third-order valence-corrected chi connectivity index (χ3v) is 3.16. The van der Waals surface area contributed by atoms with E-state index in [4.69, 9.17) is 6.42 Å². The van der Waals surface area contributed by atoms with E-state index < -0.39 is 6.04 Å². The van der Waals surface area contributed by atoms with Gasteiger partial charge in [-0.2, -0.15) is 0 Å². The summed E-state index contributed by atoms with van der Waals surface area (Å²) in [5.74, 6) is 2.88. The Morgan fingerprint density at radius 3 is 2.67 bits per heavy atom. The number of rotatable bonds is 4. The van der Waals surface area contributed by atoms with E-state index >= 15 is 0 Å². The highest BCUT2D eigenvalue weighted by molar-refractivity contribution is 5.90. The van der Waals surface area contributed by atoms with Gasteiger partial charge in [0.05, 0.1) is 6.04 Å². The van der Waals surface area contributed by atoms with Crippen LogP contribution in [0, 0.1) is 18.3 Å². The quantitative estimate of drug-likeness (QED) is 0.761. The van der Waals surface area contributed by atoms with Crippen LogP contribution < -0.4 is 5.32 Å². The van der Waals surface area contributed by atoms with E-state index in [-0.39, 0.29) is 17.9 Å². The average Bonchev–Trinajstić information content (AvgIpc) is 2.43. The van der Waals surface area contributed by atoms with Crippen molar-refractivity contribution in [2.75, 3.05) is 6.54 Å². The summed E-state index contributed by atoms with van der Waals surface area (Å²) >= 11 is 0. The average molecular weight is 250 g/mol. The van der Waals surface area contributed by atoms with E-state index in [1.807, 2.05) is 20.8 Å². The molecule has 0 aliphatic carbocycles. The van der Waals surface area contributed by atoms with Gasteiger partial charge in [-0.1, -0.05) is 26.7 Å². The molecule has 0 aromatic carbocycles. The summed E-state index contributed by atoms with van der Waals surface area (Å²) in [6.07, 6.45) is 7.16. The normalized spacial score (nSPS) is 22.4. The lowest BCUT2D eigenvalue weighted by Gasteiger charge is -2.29. The Hall–Kier alpha value is -1.50. The number of carbonyl (C=O) groups excluding carboxylic acids is 2. The molecule has 1 saturated heterocycles. The summed E-state index contributed by atoms with van der Waals surface area (Å²) in [6.45, 7) is 6.44.